The fourth-order valence-corrected chi connectivity index (χ4v) is 2.78. The van der Waals surface area contributed by atoms with Gasteiger partial charge in [-0.25, -0.2) is 0 Å². The number of fused-ring (bicyclic) bond motifs is 1. The van der Waals surface area contributed by atoms with Crippen LogP contribution in [0.25, 0.3) is 0 Å². The van der Waals surface area contributed by atoms with Gasteiger partial charge in [-0.15, -0.1) is 5.84 Å². The molecule has 0 aromatic heterocycles. The van der Waals surface area contributed by atoms with E-state index in [0.717, 1.165) is 37.3 Å². The Labute approximate surface area is 122 Å². The maximum absolute atomic E-state index is 6.71. The van der Waals surface area contributed by atoms with E-state index in [1.165, 1.54) is 25.7 Å². The number of para-hydroxylation sites is 1. The van der Waals surface area contributed by atoms with Crippen LogP contribution in [0.15, 0.2) is 29.4 Å². The lowest BCUT2D eigenvalue weighted by Gasteiger charge is -2.20. The van der Waals surface area contributed by atoms with Crippen LogP contribution in [-0.2, 0) is 0 Å². The lowest BCUT2D eigenvalue weighted by Crippen LogP contribution is -2.61. The predicted molar refractivity (Wildman–Crippen MR) is 83.6 cm³/mol. The van der Waals surface area contributed by atoms with Crippen molar-refractivity contribution in [3.8, 4) is 0 Å². The van der Waals surface area contributed by atoms with Crippen LogP contribution in [-0.4, -0.2) is 17.9 Å². The van der Waals surface area contributed by atoms with Gasteiger partial charge >= 0.3 is 0 Å². The van der Waals surface area contributed by atoms with Gasteiger partial charge in [0, 0.05) is 23.6 Å². The van der Waals surface area contributed by atoms with Crippen LogP contribution in [0.1, 0.15) is 52.4 Å². The minimum absolute atomic E-state index is 0.361. The lowest BCUT2D eigenvalue weighted by atomic mass is 10.2. The topological polar surface area (TPSA) is 41.4 Å². The van der Waals surface area contributed by atoms with E-state index in [0.29, 0.717) is 4.70 Å². The summed E-state index contributed by atoms with van der Waals surface area (Å²) in [6.45, 7) is 6.31. The fourth-order valence-electron chi connectivity index (χ4n) is 2.78. The molecule has 4 nitrogen and oxygen atoms in total. The van der Waals surface area contributed by atoms with Crippen molar-refractivity contribution in [1.29, 1.82) is 0 Å². The molecule has 0 aliphatic carbocycles. The minimum Gasteiger partial charge on any atom is -0.116 e. The number of azo groups is 1. The zero-order valence-electron chi connectivity index (χ0n) is 12.9. The molecule has 1 aliphatic rings. The molecule has 0 amide bonds. The van der Waals surface area contributed by atoms with E-state index in [2.05, 4.69) is 36.9 Å². The molecule has 1 aromatic carbocycles. The van der Waals surface area contributed by atoms with Crippen LogP contribution in [0, 0.1) is 0 Å². The molecule has 1 aliphatic heterocycles. The Morgan fingerprint density at radius 3 is 2.50 bits per heavy atom. The predicted octanol–water partition coefficient (Wildman–Crippen LogP) is 4.27. The van der Waals surface area contributed by atoms with Crippen LogP contribution < -0.4 is 10.5 Å². The average Bonchev–Trinajstić information content (AvgIpc) is 2.73. The number of benzene rings is 1. The monoisotopic (exact) mass is 276 g/mol. The molecule has 2 rings (SSSR count). The second-order valence-corrected chi connectivity index (χ2v) is 5.65. The molecule has 4 heteroatoms. The normalized spacial score (nSPS) is 20.9. The van der Waals surface area contributed by atoms with Crippen molar-refractivity contribution < 1.29 is 4.81 Å². The van der Waals surface area contributed by atoms with Crippen LogP contribution in [0.5, 0.6) is 0 Å². The first-order valence-corrected chi connectivity index (χ1v) is 7.98. The number of hydrogen-bond donors (Lipinski definition) is 1. The van der Waals surface area contributed by atoms with Crippen molar-refractivity contribution in [3.05, 3.63) is 24.3 Å². The standard InChI is InChI=1S/C16H28N4/c1-3-5-9-13-19-18-15-11-7-8-12-16(15)20(19,17)14-10-6-4-2/h7-8,11-12H,3-6,9-10,13-14,17H2,1-2H3/q+2. The summed E-state index contributed by atoms with van der Waals surface area (Å²) in [7, 11) is 0. The molecule has 1 heterocycles. The first kappa shape index (κ1) is 15.1. The van der Waals surface area contributed by atoms with E-state index in [9.17, 15) is 0 Å². The third kappa shape index (κ3) is 3.07. The van der Waals surface area contributed by atoms with Crippen LogP contribution >= 0.6 is 0 Å². The highest BCUT2D eigenvalue weighted by molar-refractivity contribution is 5.63. The van der Waals surface area contributed by atoms with E-state index >= 15 is 0 Å². The Kier molecular flexibility index (Phi) is 5.26. The van der Waals surface area contributed by atoms with E-state index in [1.54, 1.807) is 0 Å². The molecular formula is C16H28N4+2. The van der Waals surface area contributed by atoms with Gasteiger partial charge in [-0.2, -0.15) is 0 Å². The second-order valence-electron chi connectivity index (χ2n) is 5.65. The third-order valence-corrected chi connectivity index (χ3v) is 4.00. The smallest absolute Gasteiger partial charge is 0.116 e. The van der Waals surface area contributed by atoms with Crippen molar-refractivity contribution in [1.82, 2.24) is 4.70 Å². The maximum atomic E-state index is 6.71. The van der Waals surface area contributed by atoms with Crippen molar-refractivity contribution in [2.24, 2.45) is 11.0 Å². The van der Waals surface area contributed by atoms with Gasteiger partial charge < -0.3 is 0 Å². The van der Waals surface area contributed by atoms with E-state index < -0.39 is 0 Å². The third-order valence-electron chi connectivity index (χ3n) is 4.00. The number of nitrogens with zero attached hydrogens (tertiary/aromatic N) is 3. The van der Waals surface area contributed by atoms with Gasteiger partial charge in [-0.1, -0.05) is 38.8 Å². The summed E-state index contributed by atoms with van der Waals surface area (Å²) >= 11 is 0. The molecular weight excluding hydrogens is 248 g/mol. The van der Waals surface area contributed by atoms with Crippen molar-refractivity contribution >= 4 is 11.4 Å². The van der Waals surface area contributed by atoms with Crippen LogP contribution in [0.3, 0.4) is 0 Å². The zero-order valence-corrected chi connectivity index (χ0v) is 12.9. The molecule has 1 aromatic rings. The lowest BCUT2D eigenvalue weighted by molar-refractivity contribution is -0.724. The van der Waals surface area contributed by atoms with E-state index in [4.69, 9.17) is 11.0 Å². The highest BCUT2D eigenvalue weighted by atomic mass is 15.9. The summed E-state index contributed by atoms with van der Waals surface area (Å²) in [5.74, 6) is 6.71. The zero-order chi connectivity index (χ0) is 14.4. The van der Waals surface area contributed by atoms with Crippen molar-refractivity contribution in [2.75, 3.05) is 13.1 Å². The first-order valence-electron chi connectivity index (χ1n) is 7.98. The Bertz CT molecular complexity index is 469. The van der Waals surface area contributed by atoms with Gasteiger partial charge in [0.2, 0.25) is 17.9 Å². The molecule has 0 saturated carbocycles. The first-order chi connectivity index (χ1) is 9.72. The van der Waals surface area contributed by atoms with Crippen LogP contribution in [0.2, 0.25) is 0 Å². The van der Waals surface area contributed by atoms with Gasteiger partial charge in [-0.3, -0.25) is 0 Å². The minimum atomic E-state index is 0.361. The molecule has 1 atom stereocenters. The summed E-state index contributed by atoms with van der Waals surface area (Å²) in [5, 5.41) is 4.74. The van der Waals surface area contributed by atoms with Crippen molar-refractivity contribution in [2.45, 2.75) is 52.4 Å². The Morgan fingerprint density at radius 1 is 1.05 bits per heavy atom. The number of unbranched alkanes of at least 4 members (excludes halogenated alkanes) is 4. The molecule has 0 saturated heterocycles. The maximum Gasteiger partial charge on any atom is 0.244 e. The van der Waals surface area contributed by atoms with Gasteiger partial charge in [0.1, 0.15) is 0 Å². The number of quaternary nitrogens is 1. The molecule has 0 radical (unpaired) electrons. The van der Waals surface area contributed by atoms with Crippen molar-refractivity contribution in [3.63, 3.8) is 0 Å². The molecule has 20 heavy (non-hydrogen) atoms. The summed E-state index contributed by atoms with van der Waals surface area (Å²) in [6.07, 6.45) is 7.19. The molecule has 110 valence electrons. The summed E-state index contributed by atoms with van der Waals surface area (Å²) in [4.78, 5) is 2.08. The second kappa shape index (κ2) is 6.95. The molecule has 0 spiro atoms. The van der Waals surface area contributed by atoms with Crippen LogP contribution in [0.4, 0.5) is 11.4 Å². The average molecular weight is 276 g/mol. The Balaban J connectivity index is 2.16. The largest absolute Gasteiger partial charge is 0.244 e. The molecule has 0 fully saturated rings. The SMILES string of the molecule is CCCCC[N+]1=Nc2ccccc2[N+]1(N)CCCCC. The Morgan fingerprint density at radius 2 is 1.75 bits per heavy atom. The molecule has 1 unspecified atom stereocenters. The number of hydrogen-bond acceptors (Lipinski definition) is 2. The van der Waals surface area contributed by atoms with Gasteiger partial charge in [0.25, 0.3) is 0 Å². The van der Waals surface area contributed by atoms with Gasteiger partial charge in [0.05, 0.1) is 9.92 Å². The quantitative estimate of drug-likeness (QED) is 0.327. The fraction of sp³-hybridized carbons (Fsp3) is 0.625. The van der Waals surface area contributed by atoms with Gasteiger partial charge in [0.15, 0.2) is 6.54 Å². The highest BCUT2D eigenvalue weighted by Crippen LogP contribution is 2.37. The molecule has 2 N–H and O–H groups in total. The summed E-state index contributed by atoms with van der Waals surface area (Å²) in [5.41, 5.74) is 2.17. The Hall–Kier alpha value is -1.26. The van der Waals surface area contributed by atoms with E-state index in [-0.39, 0.29) is 0 Å². The highest BCUT2D eigenvalue weighted by Gasteiger charge is 2.47. The molecule has 0 bridgehead atoms. The summed E-state index contributed by atoms with van der Waals surface area (Å²) in [6, 6.07) is 8.28. The van der Waals surface area contributed by atoms with Gasteiger partial charge in [-0.05, 0) is 18.9 Å². The number of rotatable bonds is 8. The van der Waals surface area contributed by atoms with E-state index in [1.807, 2.05) is 6.07 Å². The summed E-state index contributed by atoms with van der Waals surface area (Å²) < 4.78 is 0.361. The number of nitrogens with two attached hydrogens (primary N) is 1.